The van der Waals surface area contributed by atoms with E-state index >= 15 is 0 Å². The molecule has 0 aliphatic heterocycles. The second kappa shape index (κ2) is 11.1. The number of aryl methyl sites for hydroxylation is 2. The van der Waals surface area contributed by atoms with Crippen LogP contribution in [0, 0.1) is 6.92 Å². The summed E-state index contributed by atoms with van der Waals surface area (Å²) < 4.78 is 59.1. The fraction of sp³-hybridized carbons (Fsp3) is 0.261. The van der Waals surface area contributed by atoms with Crippen molar-refractivity contribution >= 4 is 33.2 Å². The van der Waals surface area contributed by atoms with Gasteiger partial charge in [-0.2, -0.15) is 18.3 Å². The number of amides is 1. The van der Waals surface area contributed by atoms with E-state index in [9.17, 15) is 26.4 Å². The van der Waals surface area contributed by atoms with Gasteiger partial charge in [-0.1, -0.05) is 6.07 Å². The standard InChI is InChI=1S/C21H23N7O3S.C2HF3O2/c1-13-4-5-15(32(3,30)31)8-16(13)18-10-24-20-19(22)26-17(12-28(18)20)21(29)23-7-6-14-9-25-27(2)11-14;3-2(4,5)1(6)7/h4-5,8-12H,6-7H2,1-3H3,(H2,22,26)(H,23,29);(H,6,7). The van der Waals surface area contributed by atoms with E-state index in [0.29, 0.717) is 29.9 Å². The van der Waals surface area contributed by atoms with Gasteiger partial charge in [0.05, 0.1) is 23.0 Å². The van der Waals surface area contributed by atoms with Crippen LogP contribution in [0.15, 0.2) is 47.9 Å². The highest BCUT2D eigenvalue weighted by Gasteiger charge is 2.38. The van der Waals surface area contributed by atoms with Crippen molar-refractivity contribution in [2.24, 2.45) is 7.05 Å². The number of nitrogens with zero attached hydrogens (tertiary/aromatic N) is 5. The van der Waals surface area contributed by atoms with Crippen LogP contribution >= 0.6 is 0 Å². The summed E-state index contributed by atoms with van der Waals surface area (Å²) in [7, 11) is -1.55. The number of carboxylic acid groups (broad SMARTS) is 1. The molecular formula is C23H24F3N7O5S. The molecule has 0 saturated carbocycles. The van der Waals surface area contributed by atoms with Gasteiger partial charge in [-0.05, 0) is 36.6 Å². The number of nitrogens with two attached hydrogens (primary N) is 1. The Morgan fingerprint density at radius 1 is 1.18 bits per heavy atom. The van der Waals surface area contributed by atoms with Crippen LogP contribution in [-0.4, -0.2) is 68.5 Å². The average Bonchev–Trinajstić information content (AvgIpc) is 3.44. The third kappa shape index (κ3) is 7.10. The van der Waals surface area contributed by atoms with Gasteiger partial charge < -0.3 is 16.2 Å². The van der Waals surface area contributed by atoms with Gasteiger partial charge in [0.25, 0.3) is 5.91 Å². The zero-order valence-corrected chi connectivity index (χ0v) is 21.7. The summed E-state index contributed by atoms with van der Waals surface area (Å²) in [5.41, 5.74) is 9.74. The van der Waals surface area contributed by atoms with Crippen LogP contribution in [0.4, 0.5) is 19.0 Å². The van der Waals surface area contributed by atoms with Gasteiger partial charge in [-0.15, -0.1) is 0 Å². The lowest BCUT2D eigenvalue weighted by Gasteiger charge is -2.10. The maximum absolute atomic E-state index is 12.7. The molecule has 0 bridgehead atoms. The number of hydrogen-bond donors (Lipinski definition) is 3. The fourth-order valence-corrected chi connectivity index (χ4v) is 4.09. The number of carboxylic acids is 1. The fourth-order valence-electron chi connectivity index (χ4n) is 3.44. The van der Waals surface area contributed by atoms with Crippen molar-refractivity contribution in [3.05, 3.63) is 59.8 Å². The Bertz CT molecular complexity index is 1650. The number of fused-ring (bicyclic) bond motifs is 1. The van der Waals surface area contributed by atoms with Gasteiger partial charge in [0.1, 0.15) is 5.69 Å². The van der Waals surface area contributed by atoms with Crippen molar-refractivity contribution in [3.63, 3.8) is 0 Å². The molecule has 4 aromatic rings. The monoisotopic (exact) mass is 567 g/mol. The Balaban J connectivity index is 0.000000532. The van der Waals surface area contributed by atoms with Gasteiger partial charge in [-0.3, -0.25) is 13.9 Å². The average molecular weight is 568 g/mol. The van der Waals surface area contributed by atoms with Gasteiger partial charge in [-0.25, -0.2) is 23.2 Å². The third-order valence-corrected chi connectivity index (χ3v) is 6.47. The smallest absolute Gasteiger partial charge is 0.475 e. The molecule has 1 amide bonds. The first-order valence-electron chi connectivity index (χ1n) is 11.1. The normalized spacial score (nSPS) is 11.6. The van der Waals surface area contributed by atoms with Crippen LogP contribution in [0.2, 0.25) is 0 Å². The van der Waals surface area contributed by atoms with Crippen LogP contribution in [0.3, 0.4) is 0 Å². The highest BCUT2D eigenvalue weighted by molar-refractivity contribution is 7.90. The van der Waals surface area contributed by atoms with E-state index in [4.69, 9.17) is 15.6 Å². The molecule has 0 saturated heterocycles. The first-order valence-corrected chi connectivity index (χ1v) is 13.0. The number of aromatic nitrogens is 5. The number of carbonyl (C=O) groups excluding carboxylic acids is 1. The molecule has 16 heteroatoms. The van der Waals surface area contributed by atoms with E-state index in [1.165, 1.54) is 0 Å². The summed E-state index contributed by atoms with van der Waals surface area (Å²) in [4.78, 5) is 30.3. The lowest BCUT2D eigenvalue weighted by molar-refractivity contribution is -0.192. The highest BCUT2D eigenvalue weighted by Crippen LogP contribution is 2.28. The number of aliphatic carboxylic acids is 1. The molecule has 208 valence electrons. The molecule has 0 atom stereocenters. The molecule has 4 N–H and O–H groups in total. The number of imidazole rings is 1. The molecular weight excluding hydrogens is 543 g/mol. The first-order chi connectivity index (χ1) is 18.1. The third-order valence-electron chi connectivity index (χ3n) is 5.36. The molecule has 0 unspecified atom stereocenters. The second-order valence-electron chi connectivity index (χ2n) is 8.43. The first kappa shape index (κ1) is 29.1. The number of nitrogens with one attached hydrogen (secondary N) is 1. The molecule has 1 aromatic carbocycles. The van der Waals surface area contributed by atoms with Crippen molar-refractivity contribution < 1.29 is 36.3 Å². The minimum atomic E-state index is -5.08. The Hall–Kier alpha value is -4.47. The molecule has 12 nitrogen and oxygen atoms in total. The second-order valence-corrected chi connectivity index (χ2v) is 10.4. The summed E-state index contributed by atoms with van der Waals surface area (Å²) in [6.45, 7) is 2.29. The van der Waals surface area contributed by atoms with Crippen LogP contribution in [0.5, 0.6) is 0 Å². The van der Waals surface area contributed by atoms with Crippen molar-refractivity contribution in [3.8, 4) is 11.3 Å². The van der Waals surface area contributed by atoms with E-state index in [0.717, 1.165) is 17.4 Å². The van der Waals surface area contributed by atoms with Crippen molar-refractivity contribution in [2.45, 2.75) is 24.4 Å². The van der Waals surface area contributed by atoms with Gasteiger partial charge in [0, 0.05) is 37.8 Å². The lowest BCUT2D eigenvalue weighted by atomic mass is 10.1. The summed E-state index contributed by atoms with van der Waals surface area (Å²) in [6, 6.07) is 4.90. The van der Waals surface area contributed by atoms with E-state index in [-0.39, 0.29) is 22.3 Å². The van der Waals surface area contributed by atoms with Crippen molar-refractivity contribution in [1.29, 1.82) is 0 Å². The molecule has 0 spiro atoms. The molecule has 3 heterocycles. The van der Waals surface area contributed by atoms with Gasteiger partial charge >= 0.3 is 12.1 Å². The van der Waals surface area contributed by atoms with Crippen molar-refractivity contribution in [2.75, 3.05) is 18.5 Å². The Morgan fingerprint density at radius 3 is 2.41 bits per heavy atom. The number of nitrogen functional groups attached to an aromatic ring is 1. The number of carbonyl (C=O) groups is 2. The van der Waals surface area contributed by atoms with Gasteiger partial charge in [0.15, 0.2) is 21.3 Å². The lowest BCUT2D eigenvalue weighted by Crippen LogP contribution is -2.27. The van der Waals surface area contributed by atoms with Gasteiger partial charge in [0.2, 0.25) is 0 Å². The van der Waals surface area contributed by atoms with E-state index in [2.05, 4.69) is 20.4 Å². The topological polar surface area (TPSA) is 175 Å². The predicted octanol–water partition coefficient (Wildman–Crippen LogP) is 2.03. The minimum absolute atomic E-state index is 0.105. The van der Waals surface area contributed by atoms with Crippen LogP contribution in [-0.2, 0) is 28.1 Å². The molecule has 0 fully saturated rings. The summed E-state index contributed by atoms with van der Waals surface area (Å²) in [5, 5.41) is 14.1. The Labute approximate surface area is 220 Å². The van der Waals surface area contributed by atoms with E-state index < -0.39 is 22.0 Å². The Kier molecular flexibility index (Phi) is 8.28. The Morgan fingerprint density at radius 2 is 1.85 bits per heavy atom. The number of benzene rings is 1. The largest absolute Gasteiger partial charge is 0.490 e. The molecule has 39 heavy (non-hydrogen) atoms. The molecule has 4 rings (SSSR count). The maximum atomic E-state index is 12.7. The summed E-state index contributed by atoms with van der Waals surface area (Å²) >= 11 is 0. The van der Waals surface area contributed by atoms with Crippen molar-refractivity contribution in [1.82, 2.24) is 29.5 Å². The number of anilines is 1. The zero-order valence-electron chi connectivity index (χ0n) is 20.9. The van der Waals surface area contributed by atoms with E-state index in [1.807, 2.05) is 20.2 Å². The van der Waals surface area contributed by atoms with E-state index in [1.54, 1.807) is 45.9 Å². The zero-order chi connectivity index (χ0) is 29.1. The number of sulfone groups is 1. The summed E-state index contributed by atoms with van der Waals surface area (Å²) in [6.07, 6.45) is 3.49. The molecule has 0 radical (unpaired) electrons. The maximum Gasteiger partial charge on any atom is 0.490 e. The number of hydrogen-bond acceptors (Lipinski definition) is 8. The molecule has 0 aliphatic rings. The SMILES string of the molecule is Cc1ccc(S(C)(=O)=O)cc1-c1cnc2c(N)nc(C(=O)NCCc3cnn(C)c3)cn12.O=C(O)C(F)(F)F. The number of halogens is 3. The number of rotatable bonds is 6. The van der Waals surface area contributed by atoms with Crippen LogP contribution < -0.4 is 11.1 Å². The predicted molar refractivity (Wildman–Crippen MR) is 134 cm³/mol. The number of alkyl halides is 3. The summed E-state index contributed by atoms with van der Waals surface area (Å²) in [5.74, 6) is -3.02. The minimum Gasteiger partial charge on any atom is -0.475 e. The quantitative estimate of drug-likeness (QED) is 0.315. The highest BCUT2D eigenvalue weighted by atomic mass is 32.2. The molecule has 3 aromatic heterocycles. The van der Waals surface area contributed by atoms with Crippen LogP contribution in [0.1, 0.15) is 21.6 Å². The van der Waals surface area contributed by atoms with Crippen LogP contribution in [0.25, 0.3) is 16.9 Å². The molecule has 0 aliphatic carbocycles.